The third-order valence-corrected chi connectivity index (χ3v) is 3.61. The van der Waals surface area contributed by atoms with Gasteiger partial charge in [0, 0.05) is 25.1 Å². The summed E-state index contributed by atoms with van der Waals surface area (Å²) in [6, 6.07) is 9.58. The number of amides is 1. The molecule has 2 rings (SSSR count). The van der Waals surface area contributed by atoms with E-state index in [1.807, 2.05) is 37.3 Å². The first-order valence-electron chi connectivity index (χ1n) is 6.89. The summed E-state index contributed by atoms with van der Waals surface area (Å²) in [7, 11) is 0. The fourth-order valence-electron chi connectivity index (χ4n) is 2.45. The molecular formula is C15H21NO4. The zero-order chi connectivity index (χ0) is 14.4. The van der Waals surface area contributed by atoms with E-state index in [0.29, 0.717) is 32.9 Å². The third-order valence-electron chi connectivity index (χ3n) is 3.61. The van der Waals surface area contributed by atoms with Crippen LogP contribution in [-0.2, 0) is 4.74 Å². The molecule has 0 bridgehead atoms. The maximum Gasteiger partial charge on any atom is 0.407 e. The van der Waals surface area contributed by atoms with Crippen molar-refractivity contribution in [3.05, 3.63) is 30.3 Å². The van der Waals surface area contributed by atoms with E-state index < -0.39 is 6.09 Å². The second-order valence-electron chi connectivity index (χ2n) is 5.19. The van der Waals surface area contributed by atoms with Crippen molar-refractivity contribution in [1.29, 1.82) is 0 Å². The smallest absolute Gasteiger partial charge is 0.407 e. The molecule has 1 aromatic rings. The Bertz CT molecular complexity index is 437. The number of likely N-dealkylation sites (tertiary alicyclic amines) is 1. The Morgan fingerprint density at radius 2 is 2.10 bits per heavy atom. The lowest BCUT2D eigenvalue weighted by atomic mass is 9.89. The maximum atomic E-state index is 11.1. The number of benzene rings is 1. The first-order chi connectivity index (χ1) is 9.65. The number of rotatable bonds is 6. The summed E-state index contributed by atoms with van der Waals surface area (Å²) in [5.74, 6) is 0.803. The molecule has 0 aromatic heterocycles. The summed E-state index contributed by atoms with van der Waals surface area (Å²) in [5, 5.41) is 9.10. The van der Waals surface area contributed by atoms with Gasteiger partial charge in [0.05, 0.1) is 13.2 Å². The van der Waals surface area contributed by atoms with E-state index in [0.717, 1.165) is 12.2 Å². The molecule has 1 aliphatic rings. The summed E-state index contributed by atoms with van der Waals surface area (Å²) in [6.07, 6.45) is -0.102. The first kappa shape index (κ1) is 14.7. The molecule has 1 atom stereocenters. The minimum atomic E-state index is -0.872. The Morgan fingerprint density at radius 1 is 1.35 bits per heavy atom. The summed E-state index contributed by atoms with van der Waals surface area (Å²) in [5.41, 5.74) is -0.246. The highest BCUT2D eigenvalue weighted by atomic mass is 16.5. The van der Waals surface area contributed by atoms with Gasteiger partial charge in [0.15, 0.2) is 0 Å². The molecule has 0 aliphatic carbocycles. The zero-order valence-electron chi connectivity index (χ0n) is 11.7. The molecule has 1 amide bonds. The number of carbonyl (C=O) groups is 1. The van der Waals surface area contributed by atoms with Crippen LogP contribution < -0.4 is 4.74 Å². The van der Waals surface area contributed by atoms with E-state index in [2.05, 4.69) is 0 Å². The number of hydrogen-bond donors (Lipinski definition) is 1. The topological polar surface area (TPSA) is 59.0 Å². The highest BCUT2D eigenvalue weighted by molar-refractivity contribution is 5.65. The summed E-state index contributed by atoms with van der Waals surface area (Å²) >= 11 is 0. The molecule has 0 spiro atoms. The Kier molecular flexibility index (Phi) is 4.84. The van der Waals surface area contributed by atoms with E-state index >= 15 is 0 Å². The van der Waals surface area contributed by atoms with Crippen molar-refractivity contribution in [1.82, 2.24) is 4.90 Å². The molecule has 5 heteroatoms. The predicted octanol–water partition coefficient (Wildman–Crippen LogP) is 2.47. The van der Waals surface area contributed by atoms with Gasteiger partial charge in [-0.15, -0.1) is 0 Å². The van der Waals surface area contributed by atoms with Gasteiger partial charge >= 0.3 is 6.09 Å². The quantitative estimate of drug-likeness (QED) is 0.869. The van der Waals surface area contributed by atoms with Gasteiger partial charge in [-0.2, -0.15) is 0 Å². The number of nitrogens with zero attached hydrogens (tertiary/aromatic N) is 1. The molecule has 1 aromatic carbocycles. The van der Waals surface area contributed by atoms with E-state index in [-0.39, 0.29) is 5.41 Å². The fraction of sp³-hybridized carbons (Fsp3) is 0.533. The second-order valence-corrected chi connectivity index (χ2v) is 5.19. The molecule has 0 radical (unpaired) electrons. The van der Waals surface area contributed by atoms with E-state index in [9.17, 15) is 4.79 Å². The van der Waals surface area contributed by atoms with Crippen molar-refractivity contribution < 1.29 is 19.4 Å². The zero-order valence-corrected chi connectivity index (χ0v) is 11.7. The van der Waals surface area contributed by atoms with Crippen LogP contribution in [0.25, 0.3) is 0 Å². The highest BCUT2D eigenvalue weighted by Crippen LogP contribution is 2.32. The minimum absolute atomic E-state index is 0.246. The molecule has 1 unspecified atom stereocenters. The molecule has 1 N–H and O–H groups in total. The molecule has 0 saturated carbocycles. The molecule has 110 valence electrons. The van der Waals surface area contributed by atoms with Crippen LogP contribution in [0.2, 0.25) is 0 Å². The lowest BCUT2D eigenvalue weighted by Gasteiger charge is -2.28. The second kappa shape index (κ2) is 6.61. The Labute approximate surface area is 119 Å². The normalized spacial score (nSPS) is 21.9. The lowest BCUT2D eigenvalue weighted by Crippen LogP contribution is -2.38. The van der Waals surface area contributed by atoms with Crippen LogP contribution in [0.1, 0.15) is 13.3 Å². The SMILES string of the molecule is CCOCC1(COc2ccccc2)CCN(C(=O)O)C1. The highest BCUT2D eigenvalue weighted by Gasteiger charge is 2.41. The average Bonchev–Trinajstić information content (AvgIpc) is 2.89. The summed E-state index contributed by atoms with van der Waals surface area (Å²) in [4.78, 5) is 12.5. The minimum Gasteiger partial charge on any atom is -0.493 e. The Hall–Kier alpha value is -1.75. The molecule has 5 nitrogen and oxygen atoms in total. The number of hydrogen-bond acceptors (Lipinski definition) is 3. The first-order valence-corrected chi connectivity index (χ1v) is 6.89. The van der Waals surface area contributed by atoms with E-state index in [1.54, 1.807) is 0 Å². The number of carboxylic acid groups (broad SMARTS) is 1. The van der Waals surface area contributed by atoms with Gasteiger partial charge < -0.3 is 19.5 Å². The van der Waals surface area contributed by atoms with Crippen molar-refractivity contribution in [2.45, 2.75) is 13.3 Å². The molecule has 1 heterocycles. The van der Waals surface area contributed by atoms with Crippen LogP contribution in [0.5, 0.6) is 5.75 Å². The third kappa shape index (κ3) is 3.63. The molecular weight excluding hydrogens is 258 g/mol. The van der Waals surface area contributed by atoms with Gasteiger partial charge in [0.25, 0.3) is 0 Å². The number of para-hydroxylation sites is 1. The Balaban J connectivity index is 1.99. The largest absolute Gasteiger partial charge is 0.493 e. The Morgan fingerprint density at radius 3 is 2.70 bits per heavy atom. The van der Waals surface area contributed by atoms with Gasteiger partial charge in [-0.25, -0.2) is 4.79 Å². The molecule has 20 heavy (non-hydrogen) atoms. The van der Waals surface area contributed by atoms with Crippen molar-refractivity contribution >= 4 is 6.09 Å². The van der Waals surface area contributed by atoms with Gasteiger partial charge in [-0.05, 0) is 25.5 Å². The summed E-state index contributed by atoms with van der Waals surface area (Å²) < 4.78 is 11.4. The van der Waals surface area contributed by atoms with Gasteiger partial charge in [-0.3, -0.25) is 0 Å². The maximum absolute atomic E-state index is 11.1. The van der Waals surface area contributed by atoms with Crippen LogP contribution in [0, 0.1) is 5.41 Å². The standard InChI is InChI=1S/C15H21NO4/c1-2-19-11-15(8-9-16(10-15)14(17)18)12-20-13-6-4-3-5-7-13/h3-7H,2,8-12H2,1H3,(H,17,18). The van der Waals surface area contributed by atoms with Crippen LogP contribution in [-0.4, -0.2) is 49.0 Å². The molecule has 1 fully saturated rings. The van der Waals surface area contributed by atoms with Crippen molar-refractivity contribution in [3.8, 4) is 5.75 Å². The van der Waals surface area contributed by atoms with Gasteiger partial charge in [-0.1, -0.05) is 18.2 Å². The van der Waals surface area contributed by atoms with Gasteiger partial charge in [0.2, 0.25) is 0 Å². The van der Waals surface area contributed by atoms with Gasteiger partial charge in [0.1, 0.15) is 5.75 Å². The molecule has 1 saturated heterocycles. The van der Waals surface area contributed by atoms with Crippen LogP contribution in [0.15, 0.2) is 30.3 Å². The van der Waals surface area contributed by atoms with Crippen LogP contribution >= 0.6 is 0 Å². The van der Waals surface area contributed by atoms with Crippen molar-refractivity contribution in [3.63, 3.8) is 0 Å². The van der Waals surface area contributed by atoms with E-state index in [4.69, 9.17) is 14.6 Å². The fourth-order valence-corrected chi connectivity index (χ4v) is 2.45. The average molecular weight is 279 g/mol. The predicted molar refractivity (Wildman–Crippen MR) is 75.1 cm³/mol. The monoisotopic (exact) mass is 279 g/mol. The van der Waals surface area contributed by atoms with Crippen LogP contribution in [0.4, 0.5) is 4.79 Å². The van der Waals surface area contributed by atoms with Crippen molar-refractivity contribution in [2.75, 3.05) is 32.9 Å². The van der Waals surface area contributed by atoms with E-state index in [1.165, 1.54) is 4.90 Å². The molecule has 1 aliphatic heterocycles. The summed E-state index contributed by atoms with van der Waals surface area (Å²) in [6.45, 7) is 4.58. The van der Waals surface area contributed by atoms with Crippen LogP contribution in [0.3, 0.4) is 0 Å². The lowest BCUT2D eigenvalue weighted by molar-refractivity contribution is 0.0244. The number of ether oxygens (including phenoxy) is 2. The van der Waals surface area contributed by atoms with Crippen molar-refractivity contribution in [2.24, 2.45) is 5.41 Å².